The second-order valence-electron chi connectivity index (χ2n) is 4.24. The summed E-state index contributed by atoms with van der Waals surface area (Å²) in [7, 11) is 0. The van der Waals surface area contributed by atoms with E-state index >= 15 is 0 Å². The van der Waals surface area contributed by atoms with Gasteiger partial charge in [-0.25, -0.2) is 4.98 Å². The number of rotatable bonds is 2. The molecule has 3 rings (SSSR count). The quantitative estimate of drug-likeness (QED) is 0.662. The van der Waals surface area contributed by atoms with Gasteiger partial charge in [-0.15, -0.1) is 12.4 Å². The van der Waals surface area contributed by atoms with Gasteiger partial charge in [-0.1, -0.05) is 6.08 Å². The summed E-state index contributed by atoms with van der Waals surface area (Å²) in [6, 6.07) is 0. The van der Waals surface area contributed by atoms with Crippen molar-refractivity contribution in [3.8, 4) is 0 Å². The lowest BCUT2D eigenvalue weighted by Gasteiger charge is -2.04. The van der Waals surface area contributed by atoms with E-state index in [4.69, 9.17) is 0 Å². The minimum absolute atomic E-state index is 0. The van der Waals surface area contributed by atoms with Crippen molar-refractivity contribution in [1.29, 1.82) is 0 Å². The molecule has 0 bridgehead atoms. The molecule has 1 N–H and O–H groups in total. The van der Waals surface area contributed by atoms with Gasteiger partial charge >= 0.3 is 5.00 Å². The van der Waals surface area contributed by atoms with Crippen molar-refractivity contribution in [2.75, 3.05) is 13.1 Å². The molecule has 0 aromatic carbocycles. The third-order valence-corrected chi connectivity index (χ3v) is 4.26. The number of fused-ring (bicyclic) bond motifs is 1. The zero-order chi connectivity index (χ0) is 11.1. The van der Waals surface area contributed by atoms with Crippen molar-refractivity contribution in [2.24, 2.45) is 11.8 Å². The van der Waals surface area contributed by atoms with Crippen LogP contribution in [0, 0.1) is 22.0 Å². The number of nitrogens with one attached hydrogen (secondary N) is 1. The van der Waals surface area contributed by atoms with Crippen molar-refractivity contribution >= 4 is 34.3 Å². The van der Waals surface area contributed by atoms with Crippen LogP contribution in [0.3, 0.4) is 0 Å². The number of halogens is 1. The Morgan fingerprint density at radius 3 is 3.00 bits per heavy atom. The minimum Gasteiger partial charge on any atom is -0.316 e. The predicted molar refractivity (Wildman–Crippen MR) is 68.5 cm³/mol. The number of allylic oxidation sites excluding steroid dienone is 1. The highest BCUT2D eigenvalue weighted by atomic mass is 35.5. The molecule has 2 aliphatic rings. The average Bonchev–Trinajstić information content (AvgIpc) is 2.91. The van der Waals surface area contributed by atoms with E-state index in [1.165, 1.54) is 23.1 Å². The molecule has 0 saturated carbocycles. The van der Waals surface area contributed by atoms with Crippen molar-refractivity contribution in [3.05, 3.63) is 27.4 Å². The highest BCUT2D eigenvalue weighted by molar-refractivity contribution is 7.15. The third-order valence-electron chi connectivity index (χ3n) is 3.24. The van der Waals surface area contributed by atoms with E-state index < -0.39 is 0 Å². The fourth-order valence-corrected chi connectivity index (χ4v) is 3.20. The number of hydrogen-bond acceptors (Lipinski definition) is 5. The molecule has 1 saturated heterocycles. The molecule has 7 heteroatoms. The first-order chi connectivity index (χ1) is 7.74. The van der Waals surface area contributed by atoms with E-state index in [1.807, 2.05) is 0 Å². The molecule has 1 fully saturated rings. The summed E-state index contributed by atoms with van der Waals surface area (Å²) in [6.07, 6.45) is 4.59. The van der Waals surface area contributed by atoms with Gasteiger partial charge in [0.15, 0.2) is 0 Å². The van der Waals surface area contributed by atoms with Crippen LogP contribution in [0.25, 0.3) is 5.57 Å². The number of thiazole rings is 1. The van der Waals surface area contributed by atoms with Crippen molar-refractivity contribution < 1.29 is 4.92 Å². The zero-order valence-electron chi connectivity index (χ0n) is 8.96. The molecule has 0 amide bonds. The van der Waals surface area contributed by atoms with Crippen LogP contribution in [-0.4, -0.2) is 23.0 Å². The summed E-state index contributed by atoms with van der Waals surface area (Å²) in [4.78, 5) is 14.3. The molecule has 1 aliphatic carbocycles. The lowest BCUT2D eigenvalue weighted by atomic mass is 10.00. The minimum atomic E-state index is -0.376. The first-order valence-electron chi connectivity index (χ1n) is 5.26. The van der Waals surface area contributed by atoms with Crippen LogP contribution in [0.5, 0.6) is 0 Å². The van der Waals surface area contributed by atoms with Crippen LogP contribution >= 0.6 is 23.7 Å². The largest absolute Gasteiger partial charge is 0.344 e. The van der Waals surface area contributed by atoms with Gasteiger partial charge in [-0.05, 0) is 41.7 Å². The normalized spacial score (nSPS) is 26.2. The van der Waals surface area contributed by atoms with Gasteiger partial charge in [0.25, 0.3) is 0 Å². The van der Waals surface area contributed by atoms with Gasteiger partial charge in [0.2, 0.25) is 0 Å². The molecular formula is C10H12ClN3O2S. The molecule has 5 nitrogen and oxygen atoms in total. The Labute approximate surface area is 109 Å². The van der Waals surface area contributed by atoms with Crippen LogP contribution in [0.2, 0.25) is 0 Å². The molecule has 92 valence electrons. The fourth-order valence-electron chi connectivity index (χ4n) is 2.44. The zero-order valence-corrected chi connectivity index (χ0v) is 10.6. The Morgan fingerprint density at radius 1 is 1.53 bits per heavy atom. The molecule has 0 spiro atoms. The fraction of sp³-hybridized carbons (Fsp3) is 0.500. The highest BCUT2D eigenvalue weighted by Gasteiger charge is 2.33. The van der Waals surface area contributed by atoms with Gasteiger partial charge in [-0.3, -0.25) is 10.1 Å². The summed E-state index contributed by atoms with van der Waals surface area (Å²) >= 11 is 1.18. The van der Waals surface area contributed by atoms with Crippen LogP contribution in [0.4, 0.5) is 5.00 Å². The SMILES string of the molecule is Cl.O=[N+]([O-])c1cnc(C2=C[C@@H]3CNC[C@@H]3C2)s1. The molecule has 17 heavy (non-hydrogen) atoms. The van der Waals surface area contributed by atoms with E-state index in [0.29, 0.717) is 11.8 Å². The molecule has 0 radical (unpaired) electrons. The van der Waals surface area contributed by atoms with Crippen LogP contribution in [-0.2, 0) is 0 Å². The van der Waals surface area contributed by atoms with E-state index in [-0.39, 0.29) is 22.3 Å². The van der Waals surface area contributed by atoms with Crippen LogP contribution in [0.1, 0.15) is 11.4 Å². The molecular weight excluding hydrogens is 262 g/mol. The number of hydrogen-bond donors (Lipinski definition) is 1. The van der Waals surface area contributed by atoms with Gasteiger partial charge in [-0.2, -0.15) is 0 Å². The smallest absolute Gasteiger partial charge is 0.316 e. The summed E-state index contributed by atoms with van der Waals surface area (Å²) in [5.41, 5.74) is 1.19. The molecule has 2 heterocycles. The first-order valence-corrected chi connectivity index (χ1v) is 6.07. The lowest BCUT2D eigenvalue weighted by Crippen LogP contribution is -2.09. The number of aromatic nitrogens is 1. The second kappa shape index (κ2) is 4.72. The van der Waals surface area contributed by atoms with Gasteiger partial charge in [0.05, 0.1) is 4.92 Å². The summed E-state index contributed by atoms with van der Waals surface area (Å²) in [5, 5.41) is 14.9. The maximum atomic E-state index is 10.6. The van der Waals surface area contributed by atoms with E-state index in [2.05, 4.69) is 16.4 Å². The van der Waals surface area contributed by atoms with Gasteiger partial charge in [0.1, 0.15) is 11.2 Å². The van der Waals surface area contributed by atoms with E-state index in [1.54, 1.807) is 0 Å². The maximum absolute atomic E-state index is 10.6. The number of nitrogens with zero attached hydrogens (tertiary/aromatic N) is 2. The lowest BCUT2D eigenvalue weighted by molar-refractivity contribution is -0.380. The Hall–Kier alpha value is -0.980. The summed E-state index contributed by atoms with van der Waals surface area (Å²) in [5.74, 6) is 1.26. The van der Waals surface area contributed by atoms with Crippen LogP contribution in [0.15, 0.2) is 12.3 Å². The average molecular weight is 274 g/mol. The van der Waals surface area contributed by atoms with Crippen LogP contribution < -0.4 is 5.32 Å². The predicted octanol–water partition coefficient (Wildman–Crippen LogP) is 2.10. The Bertz CT molecular complexity index is 474. The summed E-state index contributed by atoms with van der Waals surface area (Å²) < 4.78 is 0. The molecule has 2 atom stereocenters. The standard InChI is InChI=1S/C10H11N3O2S.ClH/c14-13(15)9-5-12-10(16-9)6-1-7-3-11-4-8(7)2-6;/h1,5,7-8,11H,2-4H2;1H/t7-,8+;/m1./s1. The third kappa shape index (κ3) is 2.20. The van der Waals surface area contributed by atoms with Crippen molar-refractivity contribution in [1.82, 2.24) is 10.3 Å². The molecule has 0 unspecified atom stereocenters. The van der Waals surface area contributed by atoms with Gasteiger partial charge in [0, 0.05) is 6.54 Å². The molecule has 1 aromatic heterocycles. The van der Waals surface area contributed by atoms with Gasteiger partial charge < -0.3 is 5.32 Å². The van der Waals surface area contributed by atoms with E-state index in [9.17, 15) is 10.1 Å². The van der Waals surface area contributed by atoms with Crippen molar-refractivity contribution in [3.63, 3.8) is 0 Å². The van der Waals surface area contributed by atoms with Crippen molar-refractivity contribution in [2.45, 2.75) is 6.42 Å². The Morgan fingerprint density at radius 2 is 2.35 bits per heavy atom. The Kier molecular flexibility index (Phi) is 3.46. The maximum Gasteiger partial charge on any atom is 0.344 e. The van der Waals surface area contributed by atoms with E-state index in [0.717, 1.165) is 24.5 Å². The molecule has 1 aliphatic heterocycles. The topological polar surface area (TPSA) is 68.1 Å². The molecule has 1 aromatic rings. The summed E-state index contributed by atoms with van der Waals surface area (Å²) in [6.45, 7) is 2.08. The first kappa shape index (κ1) is 12.5. The second-order valence-corrected chi connectivity index (χ2v) is 5.25. The number of nitro groups is 1. The highest BCUT2D eigenvalue weighted by Crippen LogP contribution is 2.40. The monoisotopic (exact) mass is 273 g/mol. The Balaban J connectivity index is 0.00000108.